The van der Waals surface area contributed by atoms with Gasteiger partial charge in [0, 0.05) is 28.9 Å². The van der Waals surface area contributed by atoms with Crippen LogP contribution in [0.25, 0.3) is 10.9 Å². The summed E-state index contributed by atoms with van der Waals surface area (Å²) >= 11 is 3.66. The van der Waals surface area contributed by atoms with E-state index in [9.17, 15) is 9.59 Å². The minimum absolute atomic E-state index is 0.0809. The first-order valence-electron chi connectivity index (χ1n) is 10.5. The minimum Gasteiger partial charge on any atom is -0.465 e. The molecule has 1 fully saturated rings. The first-order valence-corrected chi connectivity index (χ1v) is 11.3. The third-order valence-electron chi connectivity index (χ3n) is 5.10. The van der Waals surface area contributed by atoms with E-state index in [1.165, 1.54) is 0 Å². The van der Waals surface area contributed by atoms with Crippen molar-refractivity contribution in [3.63, 3.8) is 0 Å². The molecule has 2 heterocycles. The maximum atomic E-state index is 12.5. The van der Waals surface area contributed by atoms with E-state index < -0.39 is 5.60 Å². The fraction of sp³-hybridized carbons (Fsp3) is 0.591. The van der Waals surface area contributed by atoms with Crippen LogP contribution in [0, 0.1) is 0 Å². The Balaban J connectivity index is 1.84. The standard InChI is InChI=1S/C22H30BrN3O4/c1-5-29-18(27)14-26-17-10-6-9-16(23)19(17)20(24-26)15-8-7-12-25(13-11-15)21(28)30-22(2,3)4/h6,9-10,15H,5,7-8,11-14H2,1-4H3. The monoisotopic (exact) mass is 479 g/mol. The number of aromatic nitrogens is 2. The highest BCUT2D eigenvalue weighted by molar-refractivity contribution is 9.10. The van der Waals surface area contributed by atoms with Crippen molar-refractivity contribution in [1.82, 2.24) is 14.7 Å². The Labute approximate surface area is 185 Å². The quantitative estimate of drug-likeness (QED) is 0.584. The average molecular weight is 480 g/mol. The van der Waals surface area contributed by atoms with Crippen LogP contribution in [0.15, 0.2) is 22.7 Å². The van der Waals surface area contributed by atoms with Gasteiger partial charge in [0.05, 0.1) is 17.8 Å². The van der Waals surface area contributed by atoms with E-state index in [-0.39, 0.29) is 24.5 Å². The van der Waals surface area contributed by atoms with Gasteiger partial charge in [-0.3, -0.25) is 9.48 Å². The van der Waals surface area contributed by atoms with Crippen LogP contribution in [0.5, 0.6) is 0 Å². The average Bonchev–Trinajstić information content (AvgIpc) is 2.85. The molecule has 1 unspecified atom stereocenters. The molecule has 1 aromatic heterocycles. The third-order valence-corrected chi connectivity index (χ3v) is 5.77. The number of hydrogen-bond acceptors (Lipinski definition) is 5. The molecular formula is C22H30BrN3O4. The smallest absolute Gasteiger partial charge is 0.410 e. The van der Waals surface area contributed by atoms with E-state index in [1.54, 1.807) is 16.5 Å². The lowest BCUT2D eigenvalue weighted by Gasteiger charge is -2.26. The van der Waals surface area contributed by atoms with Gasteiger partial charge in [0.1, 0.15) is 12.1 Å². The van der Waals surface area contributed by atoms with Crippen LogP contribution in [-0.2, 0) is 20.8 Å². The summed E-state index contributed by atoms with van der Waals surface area (Å²) < 4.78 is 13.3. The molecule has 7 nitrogen and oxygen atoms in total. The second kappa shape index (κ2) is 9.37. The number of rotatable bonds is 4. The van der Waals surface area contributed by atoms with Gasteiger partial charge in [-0.05, 0) is 59.1 Å². The highest BCUT2D eigenvalue weighted by Crippen LogP contribution is 2.36. The minimum atomic E-state index is -0.504. The number of esters is 1. The number of hydrogen-bond donors (Lipinski definition) is 0. The Morgan fingerprint density at radius 1 is 1.23 bits per heavy atom. The summed E-state index contributed by atoms with van der Waals surface area (Å²) in [6, 6.07) is 5.91. The number of halogens is 1. The predicted molar refractivity (Wildman–Crippen MR) is 118 cm³/mol. The summed E-state index contributed by atoms with van der Waals surface area (Å²) in [5.74, 6) is -0.104. The summed E-state index contributed by atoms with van der Waals surface area (Å²) in [5, 5.41) is 5.84. The fourth-order valence-electron chi connectivity index (χ4n) is 3.83. The molecule has 1 aliphatic rings. The van der Waals surface area contributed by atoms with Crippen LogP contribution in [0.4, 0.5) is 4.79 Å². The number of ether oxygens (including phenoxy) is 2. The number of carbonyl (C=O) groups is 2. The maximum Gasteiger partial charge on any atom is 0.410 e. The van der Waals surface area contributed by atoms with E-state index in [1.807, 2.05) is 39.0 Å². The molecule has 0 N–H and O–H groups in total. The Morgan fingerprint density at radius 2 is 2.00 bits per heavy atom. The fourth-order valence-corrected chi connectivity index (χ4v) is 4.39. The SMILES string of the molecule is CCOC(=O)Cn1nc(C2CCCN(C(=O)OC(C)(C)C)CC2)c2c(Br)cccc21. The Morgan fingerprint density at radius 3 is 2.70 bits per heavy atom. The van der Waals surface area contributed by atoms with E-state index in [4.69, 9.17) is 14.6 Å². The Bertz CT molecular complexity index is 919. The molecular weight excluding hydrogens is 450 g/mol. The van der Waals surface area contributed by atoms with Crippen molar-refractivity contribution in [2.75, 3.05) is 19.7 Å². The van der Waals surface area contributed by atoms with Gasteiger partial charge >= 0.3 is 12.1 Å². The number of fused-ring (bicyclic) bond motifs is 1. The van der Waals surface area contributed by atoms with Gasteiger partial charge in [-0.25, -0.2) is 4.79 Å². The molecule has 0 bridgehead atoms. The molecule has 30 heavy (non-hydrogen) atoms. The molecule has 3 rings (SSSR count). The van der Waals surface area contributed by atoms with E-state index >= 15 is 0 Å². The van der Waals surface area contributed by atoms with Crippen molar-refractivity contribution >= 4 is 38.9 Å². The van der Waals surface area contributed by atoms with Crippen molar-refractivity contribution in [3.05, 3.63) is 28.4 Å². The summed E-state index contributed by atoms with van der Waals surface area (Å²) in [6.07, 6.45) is 2.33. The van der Waals surface area contributed by atoms with Gasteiger partial charge in [-0.2, -0.15) is 5.10 Å². The van der Waals surface area contributed by atoms with Crippen molar-refractivity contribution < 1.29 is 19.1 Å². The van der Waals surface area contributed by atoms with Gasteiger partial charge in [-0.1, -0.05) is 22.0 Å². The number of carbonyl (C=O) groups excluding carboxylic acids is 2. The molecule has 0 aliphatic carbocycles. The Kier molecular flexibility index (Phi) is 7.06. The molecule has 8 heteroatoms. The van der Waals surface area contributed by atoms with Crippen LogP contribution in [0.3, 0.4) is 0 Å². The van der Waals surface area contributed by atoms with Gasteiger partial charge in [0.15, 0.2) is 0 Å². The Hall–Kier alpha value is -2.09. The highest BCUT2D eigenvalue weighted by Gasteiger charge is 2.28. The molecule has 1 saturated heterocycles. The molecule has 0 spiro atoms. The first kappa shape index (κ1) is 22.6. The van der Waals surface area contributed by atoms with Crippen molar-refractivity contribution in [1.29, 1.82) is 0 Å². The summed E-state index contributed by atoms with van der Waals surface area (Å²) in [5.41, 5.74) is 1.36. The normalized spacial score (nSPS) is 17.6. The first-order chi connectivity index (χ1) is 14.2. The summed E-state index contributed by atoms with van der Waals surface area (Å²) in [7, 11) is 0. The number of likely N-dealkylation sites (tertiary alicyclic amines) is 1. The lowest BCUT2D eigenvalue weighted by atomic mass is 9.94. The second-order valence-corrected chi connectivity index (χ2v) is 9.43. The number of amides is 1. The van der Waals surface area contributed by atoms with E-state index in [2.05, 4.69) is 15.9 Å². The largest absolute Gasteiger partial charge is 0.465 e. The molecule has 1 atom stereocenters. The molecule has 0 saturated carbocycles. The molecule has 1 aromatic carbocycles. The van der Waals surface area contributed by atoms with Crippen LogP contribution >= 0.6 is 15.9 Å². The topological polar surface area (TPSA) is 73.7 Å². The maximum absolute atomic E-state index is 12.5. The highest BCUT2D eigenvalue weighted by atomic mass is 79.9. The molecule has 0 radical (unpaired) electrons. The number of nitrogens with zero attached hydrogens (tertiary/aromatic N) is 3. The van der Waals surface area contributed by atoms with Crippen molar-refractivity contribution in [2.45, 2.75) is 65.0 Å². The second-order valence-electron chi connectivity index (χ2n) is 8.58. The van der Waals surface area contributed by atoms with Crippen molar-refractivity contribution in [2.24, 2.45) is 0 Å². The summed E-state index contributed by atoms with van der Waals surface area (Å²) in [6.45, 7) is 9.16. The lowest BCUT2D eigenvalue weighted by Crippen LogP contribution is -2.37. The molecule has 1 aliphatic heterocycles. The van der Waals surface area contributed by atoms with Crippen molar-refractivity contribution in [3.8, 4) is 0 Å². The van der Waals surface area contributed by atoms with Crippen LogP contribution in [0.1, 0.15) is 58.6 Å². The number of benzene rings is 1. The van der Waals surface area contributed by atoms with Gasteiger partial charge in [0.25, 0.3) is 0 Å². The van der Waals surface area contributed by atoms with Gasteiger partial charge < -0.3 is 14.4 Å². The van der Waals surface area contributed by atoms with Gasteiger partial charge in [-0.15, -0.1) is 0 Å². The molecule has 1 amide bonds. The zero-order chi connectivity index (χ0) is 21.9. The summed E-state index contributed by atoms with van der Waals surface area (Å²) in [4.78, 5) is 26.3. The molecule has 164 valence electrons. The zero-order valence-electron chi connectivity index (χ0n) is 18.1. The van der Waals surface area contributed by atoms with E-state index in [0.717, 1.165) is 40.3 Å². The lowest BCUT2D eigenvalue weighted by molar-refractivity contribution is -0.143. The zero-order valence-corrected chi connectivity index (χ0v) is 19.7. The van der Waals surface area contributed by atoms with Crippen LogP contribution < -0.4 is 0 Å². The van der Waals surface area contributed by atoms with Gasteiger partial charge in [0.2, 0.25) is 0 Å². The van der Waals surface area contributed by atoms with E-state index in [0.29, 0.717) is 19.7 Å². The predicted octanol–water partition coefficient (Wildman–Crippen LogP) is 4.87. The molecule has 2 aromatic rings. The van der Waals surface area contributed by atoms with Crippen LogP contribution in [0.2, 0.25) is 0 Å². The third kappa shape index (κ3) is 5.33. The van der Waals surface area contributed by atoms with Crippen LogP contribution in [-0.4, -0.2) is 52.0 Å².